The number of hydrogen-bond acceptors (Lipinski definition) is 5. The van der Waals surface area contributed by atoms with Gasteiger partial charge in [-0.1, -0.05) is 48.2 Å². The zero-order valence-electron chi connectivity index (χ0n) is 14.5. The van der Waals surface area contributed by atoms with Crippen LogP contribution < -0.4 is 5.32 Å². The summed E-state index contributed by atoms with van der Waals surface area (Å²) < 4.78 is 13.1. The van der Waals surface area contributed by atoms with E-state index in [1.807, 2.05) is 47.8 Å². The Kier molecular flexibility index (Phi) is 5.50. The Hall–Kier alpha value is -2.97. The van der Waals surface area contributed by atoms with Crippen molar-refractivity contribution in [2.75, 3.05) is 5.32 Å². The molecule has 0 saturated heterocycles. The van der Waals surface area contributed by atoms with Crippen LogP contribution in [0.1, 0.15) is 10.8 Å². The molecule has 0 bridgehead atoms. The van der Waals surface area contributed by atoms with Crippen LogP contribution >= 0.6 is 23.1 Å². The molecular formula is C20H15FN4OS2. The van der Waals surface area contributed by atoms with Crippen LogP contribution in [0.25, 0.3) is 10.7 Å². The Bertz CT molecular complexity index is 1050. The van der Waals surface area contributed by atoms with Gasteiger partial charge >= 0.3 is 0 Å². The number of thiophene rings is 1. The molecule has 0 unspecified atom stereocenters. The van der Waals surface area contributed by atoms with E-state index in [9.17, 15) is 9.18 Å². The van der Waals surface area contributed by atoms with Crippen LogP contribution in [0.2, 0.25) is 0 Å². The molecule has 2 heterocycles. The maximum Gasteiger partial charge on any atom is 0.242 e. The monoisotopic (exact) mass is 410 g/mol. The molecule has 1 atom stereocenters. The van der Waals surface area contributed by atoms with Gasteiger partial charge in [0.1, 0.15) is 11.1 Å². The van der Waals surface area contributed by atoms with Crippen molar-refractivity contribution in [3.63, 3.8) is 0 Å². The van der Waals surface area contributed by atoms with E-state index in [-0.39, 0.29) is 11.7 Å². The maximum absolute atomic E-state index is 13.1. The van der Waals surface area contributed by atoms with Crippen molar-refractivity contribution in [1.29, 1.82) is 0 Å². The highest BCUT2D eigenvalue weighted by Gasteiger charge is 2.24. The first kappa shape index (κ1) is 18.4. The highest BCUT2D eigenvalue weighted by molar-refractivity contribution is 8.00. The highest BCUT2D eigenvalue weighted by atomic mass is 32.2. The van der Waals surface area contributed by atoms with Crippen LogP contribution in [0.3, 0.4) is 0 Å². The third-order valence-electron chi connectivity index (χ3n) is 3.89. The number of rotatable bonds is 6. The quantitative estimate of drug-likeness (QED) is 0.432. The van der Waals surface area contributed by atoms with Gasteiger partial charge in [0.15, 0.2) is 5.82 Å². The zero-order chi connectivity index (χ0) is 19.3. The number of aromatic nitrogens is 3. The molecule has 28 heavy (non-hydrogen) atoms. The van der Waals surface area contributed by atoms with E-state index in [0.717, 1.165) is 10.4 Å². The van der Waals surface area contributed by atoms with E-state index < -0.39 is 5.25 Å². The second-order valence-electron chi connectivity index (χ2n) is 5.85. The number of carbonyl (C=O) groups is 1. The van der Waals surface area contributed by atoms with Gasteiger partial charge in [0.2, 0.25) is 11.1 Å². The average Bonchev–Trinajstić information content (AvgIpc) is 3.40. The van der Waals surface area contributed by atoms with Gasteiger partial charge in [0.25, 0.3) is 0 Å². The van der Waals surface area contributed by atoms with Crippen molar-refractivity contribution >= 4 is 34.7 Å². The van der Waals surface area contributed by atoms with E-state index in [2.05, 4.69) is 20.5 Å². The molecular weight excluding hydrogens is 395 g/mol. The minimum atomic E-state index is -0.557. The van der Waals surface area contributed by atoms with Gasteiger partial charge in [0.05, 0.1) is 4.88 Å². The number of aromatic amines is 1. The predicted molar refractivity (Wildman–Crippen MR) is 110 cm³/mol. The number of nitrogens with zero attached hydrogens (tertiary/aromatic N) is 2. The molecule has 0 aliphatic heterocycles. The van der Waals surface area contributed by atoms with Crippen molar-refractivity contribution in [3.8, 4) is 10.7 Å². The van der Waals surface area contributed by atoms with Gasteiger partial charge in [-0.05, 0) is 41.3 Å². The number of benzene rings is 2. The lowest BCUT2D eigenvalue weighted by molar-refractivity contribution is -0.115. The molecule has 4 rings (SSSR count). The van der Waals surface area contributed by atoms with Crippen molar-refractivity contribution in [2.45, 2.75) is 10.4 Å². The van der Waals surface area contributed by atoms with Crippen molar-refractivity contribution in [3.05, 3.63) is 83.5 Å². The zero-order valence-corrected chi connectivity index (χ0v) is 16.1. The van der Waals surface area contributed by atoms with E-state index in [4.69, 9.17) is 0 Å². The molecule has 5 nitrogen and oxygen atoms in total. The first-order valence-electron chi connectivity index (χ1n) is 8.43. The highest BCUT2D eigenvalue weighted by Crippen LogP contribution is 2.35. The number of anilines is 1. The SMILES string of the molecule is O=C(Nc1ccc(F)cc1)[C@H](Sc1n[nH]c(-c2cccs2)n1)c1ccccc1. The second-order valence-corrected chi connectivity index (χ2v) is 7.87. The van der Waals surface area contributed by atoms with Gasteiger partial charge in [0, 0.05) is 5.69 Å². The van der Waals surface area contributed by atoms with Crippen LogP contribution in [0.4, 0.5) is 10.1 Å². The number of thioether (sulfide) groups is 1. The third-order valence-corrected chi connectivity index (χ3v) is 5.89. The summed E-state index contributed by atoms with van der Waals surface area (Å²) in [6.07, 6.45) is 0. The Morgan fingerprint density at radius 2 is 1.86 bits per heavy atom. The summed E-state index contributed by atoms with van der Waals surface area (Å²) in [5.74, 6) is 0.0855. The lowest BCUT2D eigenvalue weighted by Gasteiger charge is -2.15. The van der Waals surface area contributed by atoms with Gasteiger partial charge < -0.3 is 5.32 Å². The van der Waals surface area contributed by atoms with Gasteiger partial charge in [-0.15, -0.1) is 16.4 Å². The van der Waals surface area contributed by atoms with Gasteiger partial charge in [-0.25, -0.2) is 9.37 Å². The number of H-pyrrole nitrogens is 1. The molecule has 0 saturated carbocycles. The smallest absolute Gasteiger partial charge is 0.242 e. The Balaban J connectivity index is 1.57. The average molecular weight is 410 g/mol. The van der Waals surface area contributed by atoms with Crippen LogP contribution in [-0.4, -0.2) is 21.1 Å². The van der Waals surface area contributed by atoms with Crippen LogP contribution in [0.15, 0.2) is 77.3 Å². The fraction of sp³-hybridized carbons (Fsp3) is 0.0500. The van der Waals surface area contributed by atoms with Crippen molar-refractivity contribution < 1.29 is 9.18 Å². The topological polar surface area (TPSA) is 70.7 Å². The Morgan fingerprint density at radius 3 is 2.57 bits per heavy atom. The summed E-state index contributed by atoms with van der Waals surface area (Å²) in [6.45, 7) is 0. The number of halogens is 1. The second kappa shape index (κ2) is 8.37. The summed E-state index contributed by atoms with van der Waals surface area (Å²) >= 11 is 2.82. The molecule has 2 aromatic heterocycles. The minimum Gasteiger partial charge on any atom is -0.325 e. The fourth-order valence-corrected chi connectivity index (χ4v) is 4.15. The summed E-state index contributed by atoms with van der Waals surface area (Å²) in [6, 6.07) is 19.0. The normalized spacial score (nSPS) is 11.9. The molecule has 8 heteroatoms. The molecule has 0 aliphatic carbocycles. The third kappa shape index (κ3) is 4.29. The van der Waals surface area contributed by atoms with Crippen LogP contribution in [0, 0.1) is 5.82 Å². The summed E-state index contributed by atoms with van der Waals surface area (Å²) in [5.41, 5.74) is 1.36. The van der Waals surface area contributed by atoms with Gasteiger partial charge in [-0.2, -0.15) is 0 Å². The molecule has 0 spiro atoms. The summed E-state index contributed by atoms with van der Waals surface area (Å²) in [7, 11) is 0. The molecule has 0 aliphatic rings. The van der Waals surface area contributed by atoms with Crippen LogP contribution in [0.5, 0.6) is 0 Å². The lowest BCUT2D eigenvalue weighted by atomic mass is 10.1. The Morgan fingerprint density at radius 1 is 1.07 bits per heavy atom. The molecule has 140 valence electrons. The van der Waals surface area contributed by atoms with Gasteiger partial charge in [-0.3, -0.25) is 9.89 Å². The molecule has 0 radical (unpaired) electrons. The molecule has 2 N–H and O–H groups in total. The standard InChI is InChI=1S/C20H15FN4OS2/c21-14-8-10-15(11-9-14)22-19(26)17(13-5-2-1-3-6-13)28-20-23-18(24-25-20)16-7-4-12-27-16/h1-12,17H,(H,22,26)(H,23,24,25)/t17-/m1/s1. The number of hydrogen-bond donors (Lipinski definition) is 2. The number of nitrogens with one attached hydrogen (secondary N) is 2. The minimum absolute atomic E-state index is 0.231. The molecule has 2 aromatic carbocycles. The van der Waals surface area contributed by atoms with E-state index in [0.29, 0.717) is 16.7 Å². The van der Waals surface area contributed by atoms with E-state index in [1.165, 1.54) is 36.0 Å². The fourth-order valence-electron chi connectivity index (χ4n) is 2.57. The largest absolute Gasteiger partial charge is 0.325 e. The number of carbonyl (C=O) groups excluding carboxylic acids is 1. The number of amides is 1. The lowest BCUT2D eigenvalue weighted by Crippen LogP contribution is -2.19. The van der Waals surface area contributed by atoms with E-state index >= 15 is 0 Å². The Labute approximate surface area is 169 Å². The molecule has 1 amide bonds. The first-order valence-corrected chi connectivity index (χ1v) is 10.2. The van der Waals surface area contributed by atoms with Crippen molar-refractivity contribution in [1.82, 2.24) is 15.2 Å². The first-order chi connectivity index (χ1) is 13.7. The molecule has 4 aromatic rings. The summed E-state index contributed by atoms with van der Waals surface area (Å²) in [5, 5.41) is 11.9. The van der Waals surface area contributed by atoms with E-state index in [1.54, 1.807) is 11.3 Å². The predicted octanol–water partition coefficient (Wildman–Crippen LogP) is 5.14. The maximum atomic E-state index is 13.1. The summed E-state index contributed by atoms with van der Waals surface area (Å²) in [4.78, 5) is 18.4. The molecule has 0 fully saturated rings. The van der Waals surface area contributed by atoms with Crippen molar-refractivity contribution in [2.24, 2.45) is 0 Å². The van der Waals surface area contributed by atoms with Crippen LogP contribution in [-0.2, 0) is 4.79 Å².